The first-order valence-corrected chi connectivity index (χ1v) is 7.44. The van der Waals surface area contributed by atoms with Gasteiger partial charge in [-0.3, -0.25) is 10.8 Å². The van der Waals surface area contributed by atoms with Crippen LogP contribution < -0.4 is 11.3 Å². The van der Waals surface area contributed by atoms with E-state index < -0.39 is 0 Å². The van der Waals surface area contributed by atoms with Gasteiger partial charge in [0.25, 0.3) is 0 Å². The number of nitrogens with zero attached hydrogens (tertiary/aromatic N) is 1. The molecule has 0 spiro atoms. The average Bonchev–Trinajstić information content (AvgIpc) is 2.87. The lowest BCUT2D eigenvalue weighted by Crippen LogP contribution is -2.29. The third kappa shape index (κ3) is 2.33. The van der Waals surface area contributed by atoms with Crippen molar-refractivity contribution in [1.29, 1.82) is 0 Å². The number of nitrogens with two attached hydrogens (primary N) is 1. The summed E-state index contributed by atoms with van der Waals surface area (Å²) in [6.45, 7) is 4.02. The maximum Gasteiger partial charge on any atom is 0.0725 e. The van der Waals surface area contributed by atoms with Gasteiger partial charge in [0.15, 0.2) is 0 Å². The van der Waals surface area contributed by atoms with E-state index in [9.17, 15) is 0 Å². The second kappa shape index (κ2) is 5.32. The van der Waals surface area contributed by atoms with Gasteiger partial charge in [0.2, 0.25) is 0 Å². The molecule has 0 bridgehead atoms. The summed E-state index contributed by atoms with van der Waals surface area (Å²) < 4.78 is 1.28. The van der Waals surface area contributed by atoms with Crippen LogP contribution in [-0.4, -0.2) is 4.98 Å². The Hall–Kier alpha value is -1.75. The lowest BCUT2D eigenvalue weighted by molar-refractivity contribution is 0.639. The fourth-order valence-corrected chi connectivity index (χ4v) is 3.59. The fourth-order valence-electron chi connectivity index (χ4n) is 2.64. The Morgan fingerprint density at radius 1 is 1.15 bits per heavy atom. The van der Waals surface area contributed by atoms with Crippen LogP contribution in [0.4, 0.5) is 0 Å². The van der Waals surface area contributed by atoms with Gasteiger partial charge in [-0.05, 0) is 53.9 Å². The van der Waals surface area contributed by atoms with Crippen molar-refractivity contribution >= 4 is 21.4 Å². The minimum atomic E-state index is -0.0160. The van der Waals surface area contributed by atoms with Crippen molar-refractivity contribution in [3.05, 3.63) is 64.3 Å². The lowest BCUT2D eigenvalue weighted by Gasteiger charge is -2.18. The van der Waals surface area contributed by atoms with E-state index in [2.05, 4.69) is 52.2 Å². The van der Waals surface area contributed by atoms with E-state index in [-0.39, 0.29) is 6.04 Å². The number of aromatic nitrogens is 1. The first-order valence-electron chi connectivity index (χ1n) is 6.56. The Balaban J connectivity index is 2.16. The van der Waals surface area contributed by atoms with Crippen molar-refractivity contribution < 1.29 is 0 Å². The highest BCUT2D eigenvalue weighted by atomic mass is 32.1. The van der Waals surface area contributed by atoms with Crippen LogP contribution in [-0.2, 0) is 0 Å². The van der Waals surface area contributed by atoms with Crippen LogP contribution in [0.3, 0.4) is 0 Å². The molecule has 3 aromatic rings. The molecule has 3 nitrogen and oxygen atoms in total. The molecular weight excluding hydrogens is 266 g/mol. The first-order chi connectivity index (χ1) is 9.69. The smallest absolute Gasteiger partial charge is 0.0725 e. The minimum absolute atomic E-state index is 0.0160. The van der Waals surface area contributed by atoms with Crippen molar-refractivity contribution in [3.63, 3.8) is 0 Å². The maximum atomic E-state index is 5.83. The molecule has 0 amide bonds. The molecule has 4 heteroatoms. The van der Waals surface area contributed by atoms with Crippen LogP contribution in [0.5, 0.6) is 0 Å². The van der Waals surface area contributed by atoms with Crippen LogP contribution in [0, 0.1) is 13.8 Å². The normalized spacial score (nSPS) is 12.8. The van der Waals surface area contributed by atoms with Gasteiger partial charge in [-0.15, -0.1) is 11.3 Å². The standard InChI is InChI=1S/C16H17N3S/c1-10-8-13(9-11(2)18-10)15(19-17)14-5-3-4-12-6-7-20-16(12)14/h3-9,15,19H,17H2,1-2H3. The van der Waals surface area contributed by atoms with E-state index in [0.717, 1.165) is 17.0 Å². The monoisotopic (exact) mass is 283 g/mol. The van der Waals surface area contributed by atoms with Gasteiger partial charge in [-0.2, -0.15) is 0 Å². The molecule has 102 valence electrons. The van der Waals surface area contributed by atoms with E-state index >= 15 is 0 Å². The molecule has 2 heterocycles. The number of thiophene rings is 1. The highest BCUT2D eigenvalue weighted by Crippen LogP contribution is 2.32. The number of hydrogen-bond donors (Lipinski definition) is 2. The molecule has 1 aromatic carbocycles. The summed E-state index contributed by atoms with van der Waals surface area (Å²) in [5.74, 6) is 5.83. The summed E-state index contributed by atoms with van der Waals surface area (Å²) in [6.07, 6.45) is 0. The molecule has 0 aliphatic rings. The Bertz CT molecular complexity index is 728. The van der Waals surface area contributed by atoms with Crippen molar-refractivity contribution in [2.24, 2.45) is 5.84 Å². The topological polar surface area (TPSA) is 50.9 Å². The molecule has 0 fully saturated rings. The predicted octanol–water partition coefficient (Wildman–Crippen LogP) is 3.47. The summed E-state index contributed by atoms with van der Waals surface area (Å²) in [7, 11) is 0. The van der Waals surface area contributed by atoms with Crippen LogP contribution >= 0.6 is 11.3 Å². The van der Waals surface area contributed by atoms with E-state index in [0.29, 0.717) is 0 Å². The number of hydrazine groups is 1. The number of benzene rings is 1. The number of hydrogen-bond acceptors (Lipinski definition) is 4. The molecule has 1 atom stereocenters. The predicted molar refractivity (Wildman–Crippen MR) is 84.7 cm³/mol. The van der Waals surface area contributed by atoms with Gasteiger partial charge < -0.3 is 0 Å². The third-order valence-electron chi connectivity index (χ3n) is 3.42. The number of nitrogens with one attached hydrogen (secondary N) is 1. The highest BCUT2D eigenvalue weighted by molar-refractivity contribution is 7.17. The minimum Gasteiger partial charge on any atom is -0.271 e. The van der Waals surface area contributed by atoms with Gasteiger partial charge in [0.05, 0.1) is 6.04 Å². The molecule has 0 radical (unpaired) electrons. The summed E-state index contributed by atoms with van der Waals surface area (Å²) in [4.78, 5) is 4.43. The largest absolute Gasteiger partial charge is 0.271 e. The maximum absolute atomic E-state index is 5.83. The number of pyridine rings is 1. The van der Waals surface area contributed by atoms with E-state index in [1.165, 1.54) is 15.6 Å². The molecule has 3 rings (SSSR count). The van der Waals surface area contributed by atoms with Gasteiger partial charge >= 0.3 is 0 Å². The number of aryl methyl sites for hydroxylation is 2. The Morgan fingerprint density at radius 3 is 2.60 bits per heavy atom. The quantitative estimate of drug-likeness (QED) is 0.571. The summed E-state index contributed by atoms with van der Waals surface area (Å²) in [6, 6.07) is 12.6. The molecule has 3 N–H and O–H groups in total. The Labute approximate surface area is 122 Å². The molecular formula is C16H17N3S. The summed E-state index contributed by atoms with van der Waals surface area (Å²) >= 11 is 1.75. The fraction of sp³-hybridized carbons (Fsp3) is 0.188. The molecule has 2 aromatic heterocycles. The Kier molecular flexibility index (Phi) is 3.53. The van der Waals surface area contributed by atoms with Gasteiger partial charge in [-0.1, -0.05) is 18.2 Å². The van der Waals surface area contributed by atoms with Crippen LogP contribution in [0.1, 0.15) is 28.6 Å². The molecule has 0 aliphatic carbocycles. The second-order valence-corrected chi connectivity index (χ2v) is 5.89. The average molecular weight is 283 g/mol. The SMILES string of the molecule is Cc1cc(C(NN)c2cccc3ccsc23)cc(C)n1. The molecule has 0 saturated heterocycles. The van der Waals surface area contributed by atoms with Crippen LogP contribution in [0.2, 0.25) is 0 Å². The highest BCUT2D eigenvalue weighted by Gasteiger charge is 2.16. The van der Waals surface area contributed by atoms with Crippen LogP contribution in [0.15, 0.2) is 41.8 Å². The van der Waals surface area contributed by atoms with Gasteiger partial charge in [0.1, 0.15) is 0 Å². The summed E-state index contributed by atoms with van der Waals surface area (Å²) in [5, 5.41) is 3.38. The molecule has 0 saturated carbocycles. The van der Waals surface area contributed by atoms with Crippen LogP contribution in [0.25, 0.3) is 10.1 Å². The van der Waals surface area contributed by atoms with Gasteiger partial charge in [0, 0.05) is 16.1 Å². The van der Waals surface area contributed by atoms with Gasteiger partial charge in [-0.25, -0.2) is 5.43 Å². The Morgan fingerprint density at radius 2 is 1.90 bits per heavy atom. The van der Waals surface area contributed by atoms with Crippen molar-refractivity contribution in [2.75, 3.05) is 0 Å². The number of fused-ring (bicyclic) bond motifs is 1. The zero-order valence-electron chi connectivity index (χ0n) is 11.6. The van der Waals surface area contributed by atoms with E-state index in [4.69, 9.17) is 5.84 Å². The van der Waals surface area contributed by atoms with E-state index in [1.54, 1.807) is 11.3 Å². The second-order valence-electron chi connectivity index (χ2n) is 4.97. The zero-order valence-corrected chi connectivity index (χ0v) is 12.4. The zero-order chi connectivity index (χ0) is 14.1. The van der Waals surface area contributed by atoms with E-state index in [1.807, 2.05) is 13.8 Å². The lowest BCUT2D eigenvalue weighted by atomic mass is 9.98. The number of rotatable bonds is 3. The van der Waals surface area contributed by atoms with Crippen molar-refractivity contribution in [1.82, 2.24) is 10.4 Å². The van der Waals surface area contributed by atoms with Crippen molar-refractivity contribution in [2.45, 2.75) is 19.9 Å². The third-order valence-corrected chi connectivity index (χ3v) is 4.40. The molecule has 1 unspecified atom stereocenters. The molecule has 0 aliphatic heterocycles. The first kappa shape index (κ1) is 13.2. The summed E-state index contributed by atoms with van der Waals surface area (Å²) in [5.41, 5.74) is 7.34. The molecule has 20 heavy (non-hydrogen) atoms. The van der Waals surface area contributed by atoms with Crippen molar-refractivity contribution in [3.8, 4) is 0 Å².